The average Bonchev–Trinajstić information content (AvgIpc) is 2.53. The van der Waals surface area contributed by atoms with Crippen LogP contribution in [-0.2, 0) is 11.3 Å². The zero-order valence-corrected chi connectivity index (χ0v) is 13.0. The van der Waals surface area contributed by atoms with Crippen LogP contribution in [0.4, 0.5) is 0 Å². The molecule has 0 aliphatic carbocycles. The number of carbonyl (C=O) groups excluding carboxylic acids is 1. The SMILES string of the molecule is CN(CCN)CCC[C@H](N=[N+]=[N-])C(=O)NCc1ccccc1. The van der Waals surface area contributed by atoms with E-state index in [9.17, 15) is 4.79 Å². The molecule has 1 aromatic rings. The third kappa shape index (κ3) is 7.08. The minimum atomic E-state index is -0.667. The van der Waals surface area contributed by atoms with Gasteiger partial charge in [0.1, 0.15) is 6.04 Å². The van der Waals surface area contributed by atoms with Gasteiger partial charge in [-0.05, 0) is 37.5 Å². The molecule has 1 amide bonds. The minimum Gasteiger partial charge on any atom is -0.352 e. The van der Waals surface area contributed by atoms with E-state index in [1.807, 2.05) is 37.4 Å². The highest BCUT2D eigenvalue weighted by Gasteiger charge is 2.16. The molecule has 22 heavy (non-hydrogen) atoms. The lowest BCUT2D eigenvalue weighted by Gasteiger charge is -2.17. The molecule has 0 heterocycles. The number of hydrogen-bond acceptors (Lipinski definition) is 4. The smallest absolute Gasteiger partial charge is 0.229 e. The Bertz CT molecular complexity index is 486. The molecule has 3 N–H and O–H groups in total. The molecule has 120 valence electrons. The Hall–Kier alpha value is -2.08. The normalized spacial score (nSPS) is 11.8. The van der Waals surface area contributed by atoms with Crippen LogP contribution < -0.4 is 11.1 Å². The second-order valence-corrected chi connectivity index (χ2v) is 5.16. The summed E-state index contributed by atoms with van der Waals surface area (Å²) in [6.07, 6.45) is 1.30. The van der Waals surface area contributed by atoms with Crippen LogP contribution in [-0.4, -0.2) is 43.5 Å². The first kappa shape index (κ1) is 18.0. The summed E-state index contributed by atoms with van der Waals surface area (Å²) in [6, 6.07) is 8.96. The zero-order chi connectivity index (χ0) is 16.2. The number of hydrogen-bond donors (Lipinski definition) is 2. The van der Waals surface area contributed by atoms with E-state index in [0.717, 1.165) is 25.1 Å². The number of nitrogens with one attached hydrogen (secondary N) is 1. The number of nitrogens with two attached hydrogens (primary N) is 1. The average molecular weight is 304 g/mol. The molecule has 1 rings (SSSR count). The van der Waals surface area contributed by atoms with Crippen LogP contribution in [0.5, 0.6) is 0 Å². The Kier molecular flexibility index (Phi) is 8.67. The molecular weight excluding hydrogens is 280 g/mol. The highest BCUT2D eigenvalue weighted by Crippen LogP contribution is 2.05. The Morgan fingerprint density at radius 1 is 1.41 bits per heavy atom. The van der Waals surface area contributed by atoms with Crippen molar-refractivity contribution in [1.82, 2.24) is 10.2 Å². The number of carbonyl (C=O) groups is 1. The second-order valence-electron chi connectivity index (χ2n) is 5.16. The van der Waals surface area contributed by atoms with E-state index in [1.165, 1.54) is 0 Å². The fourth-order valence-electron chi connectivity index (χ4n) is 2.09. The number of amides is 1. The first-order valence-electron chi connectivity index (χ1n) is 7.41. The summed E-state index contributed by atoms with van der Waals surface area (Å²) in [5.74, 6) is -0.233. The van der Waals surface area contributed by atoms with Crippen LogP contribution in [0.15, 0.2) is 35.4 Å². The van der Waals surface area contributed by atoms with Crippen LogP contribution in [0.3, 0.4) is 0 Å². The summed E-state index contributed by atoms with van der Waals surface area (Å²) in [5, 5.41) is 6.41. The molecule has 7 nitrogen and oxygen atoms in total. The molecule has 0 unspecified atom stereocenters. The van der Waals surface area contributed by atoms with Crippen molar-refractivity contribution in [3.63, 3.8) is 0 Å². The van der Waals surface area contributed by atoms with Gasteiger partial charge in [-0.1, -0.05) is 35.4 Å². The molecule has 0 spiro atoms. The highest BCUT2D eigenvalue weighted by atomic mass is 16.2. The number of azide groups is 1. The van der Waals surface area contributed by atoms with Crippen LogP contribution in [0.2, 0.25) is 0 Å². The van der Waals surface area contributed by atoms with Crippen LogP contribution >= 0.6 is 0 Å². The molecular formula is C15H24N6O. The summed E-state index contributed by atoms with van der Waals surface area (Å²) >= 11 is 0. The van der Waals surface area contributed by atoms with Gasteiger partial charge in [0.2, 0.25) is 5.91 Å². The van der Waals surface area contributed by atoms with Crippen molar-refractivity contribution < 1.29 is 4.79 Å². The van der Waals surface area contributed by atoms with E-state index < -0.39 is 6.04 Å². The predicted molar refractivity (Wildman–Crippen MR) is 87.0 cm³/mol. The van der Waals surface area contributed by atoms with Gasteiger partial charge in [-0.3, -0.25) is 4.79 Å². The van der Waals surface area contributed by atoms with Crippen molar-refractivity contribution in [1.29, 1.82) is 0 Å². The van der Waals surface area contributed by atoms with Crippen molar-refractivity contribution in [2.45, 2.75) is 25.4 Å². The lowest BCUT2D eigenvalue weighted by atomic mass is 10.1. The molecule has 0 saturated carbocycles. The molecule has 0 fully saturated rings. The number of rotatable bonds is 10. The quantitative estimate of drug-likeness (QED) is 0.390. The van der Waals surface area contributed by atoms with Crippen molar-refractivity contribution in [2.75, 3.05) is 26.7 Å². The zero-order valence-electron chi connectivity index (χ0n) is 13.0. The second kappa shape index (κ2) is 10.6. The number of nitrogens with zero attached hydrogens (tertiary/aromatic N) is 4. The molecule has 0 bridgehead atoms. The van der Waals surface area contributed by atoms with E-state index in [1.54, 1.807) is 0 Å². The number of likely N-dealkylation sites (N-methyl/N-ethyl adjacent to an activating group) is 1. The van der Waals surface area contributed by atoms with Gasteiger partial charge in [0.15, 0.2) is 0 Å². The molecule has 7 heteroatoms. The Labute approximate surface area is 131 Å². The van der Waals surface area contributed by atoms with Gasteiger partial charge in [0, 0.05) is 24.5 Å². The molecule has 1 atom stereocenters. The highest BCUT2D eigenvalue weighted by molar-refractivity contribution is 5.81. The fraction of sp³-hybridized carbons (Fsp3) is 0.533. The minimum absolute atomic E-state index is 0.233. The fourth-order valence-corrected chi connectivity index (χ4v) is 2.09. The summed E-state index contributed by atoms with van der Waals surface area (Å²) in [5.41, 5.74) is 15.1. The number of benzene rings is 1. The van der Waals surface area contributed by atoms with Crippen molar-refractivity contribution in [2.24, 2.45) is 10.8 Å². The van der Waals surface area contributed by atoms with E-state index >= 15 is 0 Å². The van der Waals surface area contributed by atoms with Crippen LogP contribution in [0.1, 0.15) is 18.4 Å². The first-order valence-corrected chi connectivity index (χ1v) is 7.41. The maximum atomic E-state index is 12.1. The van der Waals surface area contributed by atoms with Gasteiger partial charge >= 0.3 is 0 Å². The van der Waals surface area contributed by atoms with E-state index in [0.29, 0.717) is 19.5 Å². The van der Waals surface area contributed by atoms with E-state index in [2.05, 4.69) is 20.2 Å². The molecule has 1 aromatic carbocycles. The van der Waals surface area contributed by atoms with Gasteiger partial charge < -0.3 is 16.0 Å². The first-order chi connectivity index (χ1) is 10.7. The van der Waals surface area contributed by atoms with Gasteiger partial charge in [-0.15, -0.1) is 0 Å². The molecule has 0 saturated heterocycles. The third-order valence-corrected chi connectivity index (χ3v) is 3.33. The maximum absolute atomic E-state index is 12.1. The molecule has 0 aromatic heterocycles. The summed E-state index contributed by atoms with van der Waals surface area (Å²) in [4.78, 5) is 17.0. The lowest BCUT2D eigenvalue weighted by molar-refractivity contribution is -0.122. The van der Waals surface area contributed by atoms with Crippen molar-refractivity contribution in [3.05, 3.63) is 46.3 Å². The van der Waals surface area contributed by atoms with Crippen molar-refractivity contribution >= 4 is 5.91 Å². The molecule has 0 radical (unpaired) electrons. The van der Waals surface area contributed by atoms with Crippen LogP contribution in [0, 0.1) is 0 Å². The van der Waals surface area contributed by atoms with Crippen molar-refractivity contribution in [3.8, 4) is 0 Å². The summed E-state index contributed by atoms with van der Waals surface area (Å²) in [6.45, 7) is 2.67. The van der Waals surface area contributed by atoms with Crippen LogP contribution in [0.25, 0.3) is 10.4 Å². The van der Waals surface area contributed by atoms with E-state index in [-0.39, 0.29) is 5.91 Å². The standard InChI is InChI=1S/C15H24N6O/c1-21(11-9-16)10-5-8-14(19-20-17)15(22)18-12-13-6-3-2-4-7-13/h2-4,6-7,14H,5,8-12,16H2,1H3,(H,18,22)/t14-/m0/s1. The van der Waals surface area contributed by atoms with Gasteiger partial charge in [-0.25, -0.2) is 0 Å². The molecule has 0 aliphatic heterocycles. The maximum Gasteiger partial charge on any atom is 0.229 e. The third-order valence-electron chi connectivity index (χ3n) is 3.33. The van der Waals surface area contributed by atoms with E-state index in [4.69, 9.17) is 11.3 Å². The Morgan fingerprint density at radius 2 is 2.14 bits per heavy atom. The largest absolute Gasteiger partial charge is 0.352 e. The topological polar surface area (TPSA) is 107 Å². The monoisotopic (exact) mass is 304 g/mol. The van der Waals surface area contributed by atoms with Gasteiger partial charge in [0.25, 0.3) is 0 Å². The van der Waals surface area contributed by atoms with Gasteiger partial charge in [0.05, 0.1) is 0 Å². The molecule has 0 aliphatic rings. The van der Waals surface area contributed by atoms with Gasteiger partial charge in [-0.2, -0.15) is 0 Å². The summed E-state index contributed by atoms with van der Waals surface area (Å²) in [7, 11) is 1.98. The Morgan fingerprint density at radius 3 is 2.77 bits per heavy atom. The Balaban J connectivity index is 2.41. The summed E-state index contributed by atoms with van der Waals surface area (Å²) < 4.78 is 0. The predicted octanol–water partition coefficient (Wildman–Crippen LogP) is 1.65. The lowest BCUT2D eigenvalue weighted by Crippen LogP contribution is -2.34.